The minimum atomic E-state index is 0.114. The molecule has 0 saturated heterocycles. The standard InChI is InChI=1S/C13H23N3O/c1-7(2)10(6)17-13-9(5)11(14)15-12(16-13)8(3)4/h7-8,10H,1-6H3,(H2,14,15,16). The van der Waals surface area contributed by atoms with Crippen LogP contribution in [0.3, 0.4) is 0 Å². The first-order valence-electron chi connectivity index (χ1n) is 6.13. The van der Waals surface area contributed by atoms with E-state index in [1.165, 1.54) is 0 Å². The first kappa shape index (κ1) is 13.7. The number of nitrogens with two attached hydrogens (primary N) is 1. The molecule has 0 amide bonds. The summed E-state index contributed by atoms with van der Waals surface area (Å²) in [6.45, 7) is 12.3. The van der Waals surface area contributed by atoms with Gasteiger partial charge in [0.25, 0.3) is 0 Å². The van der Waals surface area contributed by atoms with E-state index < -0.39 is 0 Å². The number of hydrogen-bond acceptors (Lipinski definition) is 4. The summed E-state index contributed by atoms with van der Waals surface area (Å²) >= 11 is 0. The van der Waals surface area contributed by atoms with Crippen LogP contribution < -0.4 is 10.5 Å². The molecule has 0 aliphatic rings. The Morgan fingerprint density at radius 1 is 1.06 bits per heavy atom. The van der Waals surface area contributed by atoms with Gasteiger partial charge in [0.1, 0.15) is 11.6 Å². The smallest absolute Gasteiger partial charge is 0.222 e. The second-order valence-electron chi connectivity index (χ2n) is 5.12. The third kappa shape index (κ3) is 3.32. The van der Waals surface area contributed by atoms with Gasteiger partial charge in [-0.3, -0.25) is 0 Å². The molecule has 1 unspecified atom stereocenters. The van der Waals surface area contributed by atoms with Crippen LogP contribution in [0.2, 0.25) is 0 Å². The Morgan fingerprint density at radius 2 is 1.65 bits per heavy atom. The maximum absolute atomic E-state index is 5.88. The molecule has 4 nitrogen and oxygen atoms in total. The van der Waals surface area contributed by atoms with Gasteiger partial charge >= 0.3 is 0 Å². The van der Waals surface area contributed by atoms with E-state index in [9.17, 15) is 0 Å². The third-order valence-corrected chi connectivity index (χ3v) is 2.91. The summed E-state index contributed by atoms with van der Waals surface area (Å²) in [5.74, 6) is 2.54. The lowest BCUT2D eigenvalue weighted by Crippen LogP contribution is -2.21. The average molecular weight is 237 g/mol. The summed E-state index contributed by atoms with van der Waals surface area (Å²) in [6.07, 6.45) is 0.114. The predicted molar refractivity (Wildman–Crippen MR) is 70.2 cm³/mol. The normalized spacial score (nSPS) is 13.2. The lowest BCUT2D eigenvalue weighted by Gasteiger charge is -2.20. The molecule has 0 radical (unpaired) electrons. The summed E-state index contributed by atoms with van der Waals surface area (Å²) in [6, 6.07) is 0. The van der Waals surface area contributed by atoms with Crippen molar-refractivity contribution in [3.63, 3.8) is 0 Å². The maximum Gasteiger partial charge on any atom is 0.222 e. The molecule has 1 rings (SSSR count). The van der Waals surface area contributed by atoms with Gasteiger partial charge in [0.05, 0.1) is 11.7 Å². The van der Waals surface area contributed by atoms with Gasteiger partial charge in [0, 0.05) is 5.92 Å². The van der Waals surface area contributed by atoms with Crippen molar-refractivity contribution < 1.29 is 4.74 Å². The molecular weight excluding hydrogens is 214 g/mol. The van der Waals surface area contributed by atoms with Crippen LogP contribution in [0.5, 0.6) is 5.88 Å². The fourth-order valence-corrected chi connectivity index (χ4v) is 1.21. The number of ether oxygens (including phenoxy) is 1. The molecule has 1 heterocycles. The molecule has 0 aliphatic heterocycles. The molecular formula is C13H23N3O. The Balaban J connectivity index is 3.05. The van der Waals surface area contributed by atoms with Crippen LogP contribution in [0.1, 0.15) is 51.9 Å². The molecule has 1 atom stereocenters. The molecule has 1 aromatic rings. The maximum atomic E-state index is 5.88. The van der Waals surface area contributed by atoms with E-state index in [0.29, 0.717) is 17.6 Å². The van der Waals surface area contributed by atoms with Crippen LogP contribution in [0, 0.1) is 12.8 Å². The first-order valence-corrected chi connectivity index (χ1v) is 6.13. The van der Waals surface area contributed by atoms with Gasteiger partial charge < -0.3 is 10.5 Å². The van der Waals surface area contributed by atoms with Crippen molar-refractivity contribution in [2.24, 2.45) is 5.92 Å². The molecule has 0 aromatic carbocycles. The molecule has 0 fully saturated rings. The largest absolute Gasteiger partial charge is 0.474 e. The number of aromatic nitrogens is 2. The number of hydrogen-bond donors (Lipinski definition) is 1. The summed E-state index contributed by atoms with van der Waals surface area (Å²) in [5, 5.41) is 0. The van der Waals surface area contributed by atoms with E-state index in [4.69, 9.17) is 10.5 Å². The highest BCUT2D eigenvalue weighted by atomic mass is 16.5. The Bertz CT molecular complexity index is 388. The van der Waals surface area contributed by atoms with Crippen LogP contribution >= 0.6 is 0 Å². The Kier molecular flexibility index (Phi) is 4.32. The molecule has 2 N–H and O–H groups in total. The highest BCUT2D eigenvalue weighted by Crippen LogP contribution is 2.24. The third-order valence-electron chi connectivity index (χ3n) is 2.91. The Hall–Kier alpha value is -1.32. The lowest BCUT2D eigenvalue weighted by atomic mass is 10.1. The molecule has 4 heteroatoms. The van der Waals surface area contributed by atoms with Crippen molar-refractivity contribution in [2.75, 3.05) is 5.73 Å². The summed E-state index contributed by atoms with van der Waals surface area (Å²) in [5.41, 5.74) is 6.70. The van der Waals surface area contributed by atoms with Gasteiger partial charge in [-0.05, 0) is 19.8 Å². The van der Waals surface area contributed by atoms with E-state index in [-0.39, 0.29) is 12.0 Å². The Labute approximate surface area is 104 Å². The first-order chi connectivity index (χ1) is 7.82. The van der Waals surface area contributed by atoms with Crippen LogP contribution in [-0.2, 0) is 0 Å². The number of rotatable bonds is 4. The number of nitrogen functional groups attached to an aromatic ring is 1. The predicted octanol–water partition coefficient (Wildman–Crippen LogP) is 2.91. The second-order valence-corrected chi connectivity index (χ2v) is 5.12. The molecule has 0 spiro atoms. The van der Waals surface area contributed by atoms with Crippen LogP contribution in [0.15, 0.2) is 0 Å². The van der Waals surface area contributed by atoms with Crippen molar-refractivity contribution >= 4 is 5.82 Å². The monoisotopic (exact) mass is 237 g/mol. The van der Waals surface area contributed by atoms with Gasteiger partial charge in [-0.15, -0.1) is 0 Å². The van der Waals surface area contributed by atoms with E-state index in [1.54, 1.807) is 0 Å². The van der Waals surface area contributed by atoms with Crippen molar-refractivity contribution in [1.29, 1.82) is 0 Å². The zero-order valence-electron chi connectivity index (χ0n) is 11.6. The topological polar surface area (TPSA) is 61.0 Å². The summed E-state index contributed by atoms with van der Waals surface area (Å²) < 4.78 is 5.85. The fraction of sp³-hybridized carbons (Fsp3) is 0.692. The van der Waals surface area contributed by atoms with Gasteiger partial charge in [-0.1, -0.05) is 27.7 Å². The minimum absolute atomic E-state index is 0.114. The van der Waals surface area contributed by atoms with Gasteiger partial charge in [-0.25, -0.2) is 4.98 Å². The average Bonchev–Trinajstić information content (AvgIpc) is 2.23. The number of anilines is 1. The molecule has 17 heavy (non-hydrogen) atoms. The lowest BCUT2D eigenvalue weighted by molar-refractivity contribution is 0.161. The van der Waals surface area contributed by atoms with Gasteiger partial charge in [-0.2, -0.15) is 4.98 Å². The van der Waals surface area contributed by atoms with Crippen molar-refractivity contribution in [2.45, 2.75) is 53.6 Å². The fourth-order valence-electron chi connectivity index (χ4n) is 1.21. The van der Waals surface area contributed by atoms with E-state index in [2.05, 4.69) is 23.8 Å². The molecule has 0 saturated carbocycles. The summed E-state index contributed by atoms with van der Waals surface area (Å²) in [7, 11) is 0. The van der Waals surface area contributed by atoms with Crippen molar-refractivity contribution in [3.8, 4) is 5.88 Å². The van der Waals surface area contributed by atoms with Gasteiger partial charge in [0.15, 0.2) is 0 Å². The zero-order chi connectivity index (χ0) is 13.2. The van der Waals surface area contributed by atoms with Crippen LogP contribution in [0.4, 0.5) is 5.82 Å². The van der Waals surface area contributed by atoms with E-state index >= 15 is 0 Å². The highest BCUT2D eigenvalue weighted by molar-refractivity contribution is 5.44. The second kappa shape index (κ2) is 5.34. The van der Waals surface area contributed by atoms with Crippen LogP contribution in [0.25, 0.3) is 0 Å². The highest BCUT2D eigenvalue weighted by Gasteiger charge is 2.16. The van der Waals surface area contributed by atoms with Crippen LogP contribution in [-0.4, -0.2) is 16.1 Å². The molecule has 0 bridgehead atoms. The quantitative estimate of drug-likeness (QED) is 0.874. The molecule has 0 aliphatic carbocycles. The summed E-state index contributed by atoms with van der Waals surface area (Å²) in [4.78, 5) is 8.71. The molecule has 1 aromatic heterocycles. The molecule has 96 valence electrons. The zero-order valence-corrected chi connectivity index (χ0v) is 11.6. The van der Waals surface area contributed by atoms with Crippen molar-refractivity contribution in [1.82, 2.24) is 9.97 Å². The van der Waals surface area contributed by atoms with E-state index in [0.717, 1.165) is 11.4 Å². The Morgan fingerprint density at radius 3 is 2.12 bits per heavy atom. The van der Waals surface area contributed by atoms with Gasteiger partial charge in [0.2, 0.25) is 5.88 Å². The number of nitrogens with zero attached hydrogens (tertiary/aromatic N) is 2. The van der Waals surface area contributed by atoms with E-state index in [1.807, 2.05) is 27.7 Å². The van der Waals surface area contributed by atoms with Crippen molar-refractivity contribution in [3.05, 3.63) is 11.4 Å². The SMILES string of the molecule is Cc1c(N)nc(C(C)C)nc1OC(C)C(C)C. The minimum Gasteiger partial charge on any atom is -0.474 e.